The highest BCUT2D eigenvalue weighted by atomic mass is 19.1. The van der Waals surface area contributed by atoms with Crippen LogP contribution in [-0.2, 0) is 11.3 Å². The first-order valence-corrected chi connectivity index (χ1v) is 6.52. The van der Waals surface area contributed by atoms with Crippen LogP contribution in [0, 0.1) is 5.82 Å². The van der Waals surface area contributed by atoms with Crippen LogP contribution >= 0.6 is 0 Å². The third-order valence-corrected chi connectivity index (χ3v) is 3.14. The zero-order chi connectivity index (χ0) is 15.2. The molecule has 0 aliphatic carbocycles. The number of halogens is 1. The smallest absolute Gasteiger partial charge is 0.328 e. The predicted octanol–water partition coefficient (Wildman–Crippen LogP) is 3.56. The van der Waals surface area contributed by atoms with Gasteiger partial charge in [0.25, 0.3) is 0 Å². The monoisotopic (exact) mass is 285 g/mol. The normalized spacial score (nSPS) is 10.8. The number of anilines is 1. The molecule has 1 N–H and O–H groups in total. The minimum atomic E-state index is -0.975. The summed E-state index contributed by atoms with van der Waals surface area (Å²) < 4.78 is 12.9. The lowest BCUT2D eigenvalue weighted by Crippen LogP contribution is -2.16. The lowest BCUT2D eigenvalue weighted by Gasteiger charge is -2.20. The summed E-state index contributed by atoms with van der Waals surface area (Å²) in [5.74, 6) is -1.24. The number of carboxylic acid groups (broad SMARTS) is 1. The van der Waals surface area contributed by atoms with Gasteiger partial charge in [-0.15, -0.1) is 0 Å². The minimum absolute atomic E-state index is 0.267. The first kappa shape index (κ1) is 14.8. The molecule has 0 aromatic heterocycles. The fourth-order valence-corrected chi connectivity index (χ4v) is 2.04. The molecule has 2 aromatic rings. The molecule has 21 heavy (non-hydrogen) atoms. The molecule has 0 bridgehead atoms. The third kappa shape index (κ3) is 4.18. The molecular weight excluding hydrogens is 269 g/mol. The van der Waals surface area contributed by atoms with Gasteiger partial charge in [0, 0.05) is 25.4 Å². The number of carboxylic acids is 1. The average molecular weight is 285 g/mol. The van der Waals surface area contributed by atoms with E-state index in [1.165, 1.54) is 12.1 Å². The number of nitrogens with zero attached hydrogens (tertiary/aromatic N) is 1. The standard InChI is InChI=1S/C17H16FNO2/c1-19(16-9-7-15(18)8-10-16)12-14-5-3-2-4-13(14)6-11-17(20)21/h2-11H,12H2,1H3,(H,20,21). The van der Waals surface area contributed by atoms with Gasteiger partial charge in [0.2, 0.25) is 0 Å². The molecule has 108 valence electrons. The van der Waals surface area contributed by atoms with E-state index in [9.17, 15) is 9.18 Å². The molecule has 0 saturated carbocycles. The van der Waals surface area contributed by atoms with Crippen molar-refractivity contribution in [3.05, 3.63) is 71.6 Å². The zero-order valence-corrected chi connectivity index (χ0v) is 11.7. The number of carbonyl (C=O) groups is 1. The summed E-state index contributed by atoms with van der Waals surface area (Å²) in [4.78, 5) is 12.6. The summed E-state index contributed by atoms with van der Waals surface area (Å²) in [5, 5.41) is 8.72. The van der Waals surface area contributed by atoms with Gasteiger partial charge in [-0.1, -0.05) is 24.3 Å². The molecule has 0 aliphatic heterocycles. The van der Waals surface area contributed by atoms with Gasteiger partial charge in [-0.2, -0.15) is 0 Å². The van der Waals surface area contributed by atoms with E-state index in [0.717, 1.165) is 22.9 Å². The molecule has 2 rings (SSSR count). The minimum Gasteiger partial charge on any atom is -0.478 e. The Morgan fingerprint density at radius 2 is 1.86 bits per heavy atom. The average Bonchev–Trinajstić information content (AvgIpc) is 2.47. The first-order valence-electron chi connectivity index (χ1n) is 6.52. The maximum atomic E-state index is 12.9. The molecule has 0 radical (unpaired) electrons. The summed E-state index contributed by atoms with van der Waals surface area (Å²) in [6, 6.07) is 13.9. The van der Waals surface area contributed by atoms with Crippen LogP contribution in [0.1, 0.15) is 11.1 Å². The van der Waals surface area contributed by atoms with E-state index in [1.807, 2.05) is 36.2 Å². The van der Waals surface area contributed by atoms with Crippen molar-refractivity contribution in [3.63, 3.8) is 0 Å². The molecule has 0 unspecified atom stereocenters. The van der Waals surface area contributed by atoms with Crippen molar-refractivity contribution in [2.45, 2.75) is 6.54 Å². The van der Waals surface area contributed by atoms with Crippen molar-refractivity contribution in [1.29, 1.82) is 0 Å². The van der Waals surface area contributed by atoms with Crippen LogP contribution in [0.25, 0.3) is 6.08 Å². The predicted molar refractivity (Wildman–Crippen MR) is 81.6 cm³/mol. The van der Waals surface area contributed by atoms with Crippen molar-refractivity contribution < 1.29 is 14.3 Å². The van der Waals surface area contributed by atoms with Gasteiger partial charge in [0.05, 0.1) is 0 Å². The second kappa shape index (κ2) is 6.70. The Hall–Kier alpha value is -2.62. The molecular formula is C17H16FNO2. The second-order valence-corrected chi connectivity index (χ2v) is 4.70. The third-order valence-electron chi connectivity index (χ3n) is 3.14. The first-order chi connectivity index (χ1) is 10.1. The van der Waals surface area contributed by atoms with Crippen LogP contribution in [0.5, 0.6) is 0 Å². The lowest BCUT2D eigenvalue weighted by molar-refractivity contribution is -0.131. The van der Waals surface area contributed by atoms with Crippen LogP contribution in [0.3, 0.4) is 0 Å². The van der Waals surface area contributed by atoms with Crippen molar-refractivity contribution in [3.8, 4) is 0 Å². The van der Waals surface area contributed by atoms with E-state index >= 15 is 0 Å². The van der Waals surface area contributed by atoms with Crippen LogP contribution < -0.4 is 4.90 Å². The van der Waals surface area contributed by atoms with Gasteiger partial charge in [-0.25, -0.2) is 9.18 Å². The van der Waals surface area contributed by atoms with Crippen molar-refractivity contribution in [1.82, 2.24) is 0 Å². The van der Waals surface area contributed by atoms with Crippen molar-refractivity contribution in [2.24, 2.45) is 0 Å². The van der Waals surface area contributed by atoms with Crippen molar-refractivity contribution in [2.75, 3.05) is 11.9 Å². The summed E-state index contributed by atoms with van der Waals surface area (Å²) in [5.41, 5.74) is 2.75. The quantitative estimate of drug-likeness (QED) is 0.854. The fraction of sp³-hybridized carbons (Fsp3) is 0.118. The molecule has 0 heterocycles. The van der Waals surface area contributed by atoms with E-state index in [2.05, 4.69) is 0 Å². The Kier molecular flexibility index (Phi) is 4.72. The topological polar surface area (TPSA) is 40.5 Å². The maximum Gasteiger partial charge on any atom is 0.328 e. The summed E-state index contributed by atoms with van der Waals surface area (Å²) in [6.07, 6.45) is 2.70. The Labute approximate surface area is 123 Å². The number of hydrogen-bond acceptors (Lipinski definition) is 2. The number of aliphatic carboxylic acids is 1. The van der Waals surface area contributed by atoms with Gasteiger partial charge in [-0.05, 0) is 41.5 Å². The fourth-order valence-electron chi connectivity index (χ4n) is 2.04. The number of hydrogen-bond donors (Lipinski definition) is 1. The molecule has 4 heteroatoms. The van der Waals surface area contributed by atoms with E-state index in [4.69, 9.17) is 5.11 Å². The maximum absolute atomic E-state index is 12.9. The van der Waals surface area contributed by atoms with Gasteiger partial charge in [-0.3, -0.25) is 0 Å². The zero-order valence-electron chi connectivity index (χ0n) is 11.7. The van der Waals surface area contributed by atoms with Gasteiger partial charge in [0.1, 0.15) is 5.82 Å². The molecule has 0 aliphatic rings. The lowest BCUT2D eigenvalue weighted by atomic mass is 10.1. The molecule has 0 saturated heterocycles. The van der Waals surface area contributed by atoms with E-state index in [1.54, 1.807) is 18.2 Å². The highest BCUT2D eigenvalue weighted by Crippen LogP contribution is 2.18. The molecule has 0 atom stereocenters. The Morgan fingerprint density at radius 3 is 2.52 bits per heavy atom. The van der Waals surface area contributed by atoms with Gasteiger partial charge in [0.15, 0.2) is 0 Å². The molecule has 0 amide bonds. The highest BCUT2D eigenvalue weighted by molar-refractivity contribution is 5.85. The van der Waals surface area contributed by atoms with Crippen LogP contribution in [-0.4, -0.2) is 18.1 Å². The number of benzene rings is 2. The Bertz CT molecular complexity index is 650. The second-order valence-electron chi connectivity index (χ2n) is 4.70. The van der Waals surface area contributed by atoms with Crippen molar-refractivity contribution >= 4 is 17.7 Å². The summed E-state index contributed by atoms with van der Waals surface area (Å²) >= 11 is 0. The Morgan fingerprint density at radius 1 is 1.19 bits per heavy atom. The van der Waals surface area contributed by atoms with Crippen LogP contribution in [0.15, 0.2) is 54.6 Å². The van der Waals surface area contributed by atoms with Crippen LogP contribution in [0.4, 0.5) is 10.1 Å². The molecule has 2 aromatic carbocycles. The van der Waals surface area contributed by atoms with Crippen LogP contribution in [0.2, 0.25) is 0 Å². The molecule has 3 nitrogen and oxygen atoms in total. The summed E-state index contributed by atoms with van der Waals surface area (Å²) in [6.45, 7) is 0.603. The highest BCUT2D eigenvalue weighted by Gasteiger charge is 2.05. The molecule has 0 spiro atoms. The Balaban J connectivity index is 2.19. The van der Waals surface area contributed by atoms with E-state index in [0.29, 0.717) is 6.54 Å². The van der Waals surface area contributed by atoms with Gasteiger partial charge < -0.3 is 10.0 Å². The number of rotatable bonds is 5. The van der Waals surface area contributed by atoms with Gasteiger partial charge >= 0.3 is 5.97 Å². The summed E-state index contributed by atoms with van der Waals surface area (Å²) in [7, 11) is 1.91. The van der Waals surface area contributed by atoms with E-state index in [-0.39, 0.29) is 5.82 Å². The van der Waals surface area contributed by atoms with E-state index < -0.39 is 5.97 Å². The largest absolute Gasteiger partial charge is 0.478 e. The SMILES string of the molecule is CN(Cc1ccccc1C=CC(=O)O)c1ccc(F)cc1. The molecule has 0 fully saturated rings.